The van der Waals surface area contributed by atoms with Crippen LogP contribution in [-0.2, 0) is 4.65 Å². The molecular weight excluding hydrogens is 269 g/mol. The van der Waals surface area contributed by atoms with Crippen LogP contribution in [0.4, 0.5) is 0 Å². The van der Waals surface area contributed by atoms with Crippen LogP contribution in [0.25, 0.3) is 0 Å². The molecule has 1 heterocycles. The van der Waals surface area contributed by atoms with Gasteiger partial charge in [-0.05, 0) is 39.2 Å². The van der Waals surface area contributed by atoms with Gasteiger partial charge in [-0.15, -0.1) is 25.3 Å². The summed E-state index contributed by atoms with van der Waals surface area (Å²) < 4.78 is 5.69. The lowest BCUT2D eigenvalue weighted by Crippen LogP contribution is -2.46. The number of hydrogen-bond acceptors (Lipinski definition) is 5. The summed E-state index contributed by atoms with van der Waals surface area (Å²) in [7, 11) is 0.469. The summed E-state index contributed by atoms with van der Waals surface area (Å²) >= 11 is 13.0. The van der Waals surface area contributed by atoms with Crippen LogP contribution in [0.2, 0.25) is 0 Å². The first-order chi connectivity index (χ1) is 7.63. The maximum atomic E-state index is 5.91. The third-order valence-corrected chi connectivity index (χ3v) is 4.18. The molecule has 0 aliphatic rings. The Morgan fingerprint density at radius 1 is 1.18 bits per heavy atom. The molecule has 0 saturated carbocycles. The topological polar surface area (TPSA) is 22.1 Å². The Morgan fingerprint density at radius 2 is 1.76 bits per heavy atom. The fourth-order valence-electron chi connectivity index (χ4n) is 1.01. The van der Waals surface area contributed by atoms with E-state index in [0.29, 0.717) is 17.5 Å². The molecule has 0 aliphatic carbocycles. The minimum Gasteiger partial charge on any atom is -0.428 e. The molecule has 0 bridgehead atoms. The Bertz CT molecular complexity index is 404. The highest BCUT2D eigenvalue weighted by Gasteiger charge is 2.34. The molecule has 0 N–H and O–H groups in total. The highest BCUT2D eigenvalue weighted by atomic mass is 32.1. The van der Waals surface area contributed by atoms with E-state index in [0.717, 1.165) is 5.46 Å². The number of aromatic nitrogens is 1. The normalized spacial score (nSPS) is 12.6. The molecule has 1 aromatic rings. The van der Waals surface area contributed by atoms with Crippen LogP contribution in [-0.4, -0.2) is 22.8 Å². The quantitative estimate of drug-likeness (QED) is 0.583. The Hall–Kier alpha value is 0.225. The first-order valence-corrected chi connectivity index (χ1v) is 6.72. The molecule has 0 radical (unpaired) electrons. The summed E-state index contributed by atoms with van der Waals surface area (Å²) in [5, 5.41) is 1.32. The van der Waals surface area contributed by atoms with Crippen LogP contribution in [0.15, 0.2) is 22.2 Å². The molecule has 0 saturated heterocycles. The van der Waals surface area contributed by atoms with Crippen molar-refractivity contribution in [2.75, 3.05) is 0 Å². The van der Waals surface area contributed by atoms with E-state index < -0.39 is 0 Å². The van der Waals surface area contributed by atoms with E-state index in [1.807, 2.05) is 39.8 Å². The zero-order chi connectivity index (χ0) is 13.3. The van der Waals surface area contributed by atoms with Gasteiger partial charge in [0.05, 0.1) is 15.7 Å². The van der Waals surface area contributed by atoms with E-state index in [1.54, 1.807) is 0 Å². The Balaban J connectivity index is 2.74. The highest BCUT2D eigenvalue weighted by molar-refractivity contribution is 7.82. The molecule has 0 atom stereocenters. The smallest absolute Gasteiger partial charge is 0.312 e. The second-order valence-corrected chi connectivity index (χ2v) is 7.01. The summed E-state index contributed by atoms with van der Waals surface area (Å²) in [6, 6.07) is 3.76. The van der Waals surface area contributed by atoms with Gasteiger partial charge in [-0.3, -0.25) is 0 Å². The van der Waals surface area contributed by atoms with E-state index in [9.17, 15) is 0 Å². The first kappa shape index (κ1) is 15.3. The molecule has 0 fully saturated rings. The van der Waals surface area contributed by atoms with Crippen molar-refractivity contribution in [2.45, 2.75) is 48.1 Å². The van der Waals surface area contributed by atoms with E-state index in [2.05, 4.69) is 42.9 Å². The van der Waals surface area contributed by atoms with Gasteiger partial charge in [-0.1, -0.05) is 6.07 Å². The number of nitrogens with zero attached hydrogens (tertiary/aromatic N) is 1. The predicted octanol–water partition coefficient (Wildman–Crippen LogP) is 2.14. The Kier molecular flexibility index (Phi) is 4.92. The zero-order valence-electron chi connectivity index (χ0n) is 10.6. The minimum atomic E-state index is -0.337. The summed E-state index contributed by atoms with van der Waals surface area (Å²) in [5.41, 5.74) is 0.618. The van der Waals surface area contributed by atoms with Crippen LogP contribution in [0.1, 0.15) is 27.7 Å². The van der Waals surface area contributed by atoms with Crippen LogP contribution >= 0.6 is 37.9 Å². The second-order valence-electron chi connectivity index (χ2n) is 5.01. The average Bonchev–Trinajstić information content (AvgIpc) is 2.14. The van der Waals surface area contributed by atoms with Crippen molar-refractivity contribution in [3.63, 3.8) is 0 Å². The fourth-order valence-corrected chi connectivity index (χ4v) is 1.58. The number of thiol groups is 3. The summed E-state index contributed by atoms with van der Waals surface area (Å²) in [4.78, 5) is 4.17. The SMILES string of the molecule is CC(C)(S)C(C)(C)OBc1ccc(S)nc1S. The van der Waals surface area contributed by atoms with Gasteiger partial charge < -0.3 is 4.65 Å². The summed E-state index contributed by atoms with van der Waals surface area (Å²) in [6.45, 7) is 8.12. The Morgan fingerprint density at radius 3 is 2.24 bits per heavy atom. The lowest BCUT2D eigenvalue weighted by molar-refractivity contribution is 0.0853. The van der Waals surface area contributed by atoms with Crippen molar-refractivity contribution >= 4 is 50.8 Å². The van der Waals surface area contributed by atoms with Gasteiger partial charge in [0, 0.05) is 4.75 Å². The molecule has 1 rings (SSSR count). The summed E-state index contributed by atoms with van der Waals surface area (Å²) in [6.07, 6.45) is 0. The van der Waals surface area contributed by atoms with Gasteiger partial charge in [-0.2, -0.15) is 12.6 Å². The molecule has 0 aliphatic heterocycles. The van der Waals surface area contributed by atoms with Gasteiger partial charge in [0.2, 0.25) is 0 Å². The van der Waals surface area contributed by atoms with Gasteiger partial charge >= 0.3 is 7.48 Å². The van der Waals surface area contributed by atoms with Gasteiger partial charge in [0.1, 0.15) is 0 Å². The van der Waals surface area contributed by atoms with Crippen molar-refractivity contribution < 1.29 is 4.65 Å². The number of pyridine rings is 1. The molecule has 17 heavy (non-hydrogen) atoms. The number of rotatable bonds is 4. The van der Waals surface area contributed by atoms with Crippen molar-refractivity contribution in [2.24, 2.45) is 0 Å². The molecule has 2 nitrogen and oxygen atoms in total. The molecule has 0 unspecified atom stereocenters. The van der Waals surface area contributed by atoms with Crippen molar-refractivity contribution in [1.29, 1.82) is 0 Å². The Labute approximate surface area is 120 Å². The molecule has 1 aromatic heterocycles. The largest absolute Gasteiger partial charge is 0.428 e. The third-order valence-electron chi connectivity index (χ3n) is 3.00. The summed E-state index contributed by atoms with van der Waals surface area (Å²) in [5.74, 6) is 0. The monoisotopic (exact) mass is 287 g/mol. The third kappa shape index (κ3) is 4.12. The van der Waals surface area contributed by atoms with E-state index in [-0.39, 0.29) is 10.3 Å². The first-order valence-electron chi connectivity index (χ1n) is 5.38. The van der Waals surface area contributed by atoms with Crippen LogP contribution < -0.4 is 5.46 Å². The standard InChI is InChI=1S/C11H18BNOS3/c1-10(2,11(3,4)17)14-12-7-5-6-8(15)13-9(7)16/h5-6,12,17H,1-4H3,(H2,13,15,16). The van der Waals surface area contributed by atoms with Gasteiger partial charge in [0.15, 0.2) is 0 Å². The van der Waals surface area contributed by atoms with Crippen LogP contribution in [0, 0.1) is 0 Å². The van der Waals surface area contributed by atoms with Gasteiger partial charge in [-0.25, -0.2) is 4.98 Å². The lowest BCUT2D eigenvalue weighted by Gasteiger charge is -2.38. The molecule has 0 aromatic carbocycles. The van der Waals surface area contributed by atoms with Crippen LogP contribution in [0.3, 0.4) is 0 Å². The minimum absolute atomic E-state index is 0.222. The van der Waals surface area contributed by atoms with E-state index in [1.165, 1.54) is 0 Å². The van der Waals surface area contributed by atoms with E-state index in [4.69, 9.17) is 4.65 Å². The molecule has 0 amide bonds. The van der Waals surface area contributed by atoms with Crippen molar-refractivity contribution in [3.05, 3.63) is 12.1 Å². The zero-order valence-corrected chi connectivity index (χ0v) is 13.2. The lowest BCUT2D eigenvalue weighted by atomic mass is 9.85. The maximum Gasteiger partial charge on any atom is 0.312 e. The molecule has 0 spiro atoms. The fraction of sp³-hybridized carbons (Fsp3) is 0.545. The molecule has 6 heteroatoms. The molecule has 94 valence electrons. The van der Waals surface area contributed by atoms with E-state index >= 15 is 0 Å². The second kappa shape index (κ2) is 5.47. The average molecular weight is 287 g/mol. The maximum absolute atomic E-state index is 5.91. The van der Waals surface area contributed by atoms with Crippen molar-refractivity contribution in [3.8, 4) is 0 Å². The highest BCUT2D eigenvalue weighted by Crippen LogP contribution is 2.30. The predicted molar refractivity (Wildman–Crippen MR) is 83.8 cm³/mol. The molecular formula is C11H18BNOS3. The van der Waals surface area contributed by atoms with Crippen molar-refractivity contribution in [1.82, 2.24) is 4.98 Å². The van der Waals surface area contributed by atoms with Crippen LogP contribution in [0.5, 0.6) is 0 Å². The van der Waals surface area contributed by atoms with Gasteiger partial charge in [0.25, 0.3) is 0 Å². The number of hydrogen-bond donors (Lipinski definition) is 3.